The molecule has 1 amide bonds. The van der Waals surface area contributed by atoms with Crippen molar-refractivity contribution in [2.75, 3.05) is 5.32 Å². The molecule has 25 heavy (non-hydrogen) atoms. The van der Waals surface area contributed by atoms with Gasteiger partial charge >= 0.3 is 0 Å². The number of aromatic hydroxyl groups is 1. The molecule has 2 aromatic carbocycles. The monoisotopic (exact) mass is 357 g/mol. The quantitative estimate of drug-likeness (QED) is 0.732. The summed E-state index contributed by atoms with van der Waals surface area (Å²) in [6.07, 6.45) is 1.84. The van der Waals surface area contributed by atoms with E-state index in [4.69, 9.17) is 11.6 Å². The van der Waals surface area contributed by atoms with Gasteiger partial charge in [-0.3, -0.25) is 9.36 Å². The highest BCUT2D eigenvalue weighted by molar-refractivity contribution is 6.30. The number of phenols is 1. The molecule has 7 heteroatoms. The number of halogens is 2. The molecule has 2 heterocycles. The van der Waals surface area contributed by atoms with E-state index in [0.29, 0.717) is 17.2 Å². The van der Waals surface area contributed by atoms with Gasteiger partial charge in [0.1, 0.15) is 23.7 Å². The molecule has 1 aliphatic rings. The van der Waals surface area contributed by atoms with E-state index in [1.54, 1.807) is 41.2 Å². The SMILES string of the molecule is O=C1C[C@H](c2ccc(O)cc2)c2ncn(-c3ccc(F)c(Cl)c3)c2N1. The Labute approximate surface area is 147 Å². The topological polar surface area (TPSA) is 67.1 Å². The number of nitrogens with one attached hydrogen (secondary N) is 1. The van der Waals surface area contributed by atoms with Crippen LogP contribution in [-0.4, -0.2) is 20.6 Å². The third kappa shape index (κ3) is 2.74. The maximum absolute atomic E-state index is 13.4. The molecule has 0 saturated carbocycles. The summed E-state index contributed by atoms with van der Waals surface area (Å²) >= 11 is 5.86. The van der Waals surface area contributed by atoms with Crippen LogP contribution in [-0.2, 0) is 4.79 Å². The Kier molecular flexibility index (Phi) is 3.69. The summed E-state index contributed by atoms with van der Waals surface area (Å²) < 4.78 is 15.1. The van der Waals surface area contributed by atoms with Crippen LogP contribution < -0.4 is 5.32 Å². The van der Waals surface area contributed by atoms with Crippen LogP contribution in [0.1, 0.15) is 23.6 Å². The third-order valence-corrected chi connectivity index (χ3v) is 4.54. The van der Waals surface area contributed by atoms with Crippen molar-refractivity contribution in [1.82, 2.24) is 9.55 Å². The fourth-order valence-corrected chi connectivity index (χ4v) is 3.19. The first kappa shape index (κ1) is 15.7. The van der Waals surface area contributed by atoms with Crippen molar-refractivity contribution in [2.45, 2.75) is 12.3 Å². The van der Waals surface area contributed by atoms with E-state index in [9.17, 15) is 14.3 Å². The standard InChI is InChI=1S/C18H13ClFN3O2/c19-14-7-11(3-6-15(14)20)23-9-21-17-13(8-16(25)22-18(17)23)10-1-4-12(24)5-2-10/h1-7,9,13,24H,8H2,(H,22,25)/t13-/m1/s1. The van der Waals surface area contributed by atoms with Gasteiger partial charge in [0, 0.05) is 12.3 Å². The molecule has 1 aromatic heterocycles. The molecule has 5 nitrogen and oxygen atoms in total. The lowest BCUT2D eigenvalue weighted by molar-refractivity contribution is -0.116. The minimum absolute atomic E-state index is 0.00262. The number of fused-ring (bicyclic) bond motifs is 1. The van der Waals surface area contributed by atoms with E-state index in [0.717, 1.165) is 5.56 Å². The predicted molar refractivity (Wildman–Crippen MR) is 91.7 cm³/mol. The molecule has 126 valence electrons. The third-order valence-electron chi connectivity index (χ3n) is 4.25. The molecular weight excluding hydrogens is 345 g/mol. The molecule has 1 atom stereocenters. The lowest BCUT2D eigenvalue weighted by Crippen LogP contribution is -2.24. The molecule has 0 saturated heterocycles. The number of amides is 1. The van der Waals surface area contributed by atoms with E-state index >= 15 is 0 Å². The van der Waals surface area contributed by atoms with E-state index in [2.05, 4.69) is 10.3 Å². The molecule has 2 N–H and O–H groups in total. The zero-order valence-electron chi connectivity index (χ0n) is 12.9. The second kappa shape index (κ2) is 5.89. The van der Waals surface area contributed by atoms with Crippen LogP contribution in [0.25, 0.3) is 5.69 Å². The maximum atomic E-state index is 13.4. The number of nitrogens with zero attached hydrogens (tertiary/aromatic N) is 2. The molecule has 0 aliphatic carbocycles. The van der Waals surface area contributed by atoms with Crippen molar-refractivity contribution < 1.29 is 14.3 Å². The summed E-state index contributed by atoms with van der Waals surface area (Å²) in [6, 6.07) is 11.0. The summed E-state index contributed by atoms with van der Waals surface area (Å²) in [5.74, 6) is -0.167. The highest BCUT2D eigenvalue weighted by Gasteiger charge is 2.31. The van der Waals surface area contributed by atoms with Crippen LogP contribution in [0.4, 0.5) is 10.2 Å². The summed E-state index contributed by atoms with van der Waals surface area (Å²) in [5.41, 5.74) is 2.20. The number of aromatic nitrogens is 2. The van der Waals surface area contributed by atoms with Crippen molar-refractivity contribution in [2.24, 2.45) is 0 Å². The second-order valence-corrected chi connectivity index (χ2v) is 6.25. The zero-order valence-corrected chi connectivity index (χ0v) is 13.7. The van der Waals surface area contributed by atoms with Gasteiger partial charge < -0.3 is 10.4 Å². The predicted octanol–water partition coefficient (Wildman–Crippen LogP) is 3.84. The number of phenolic OH excluding ortho intramolecular Hbond substituents is 1. The van der Waals surface area contributed by atoms with Crippen LogP contribution in [0.5, 0.6) is 5.75 Å². The number of carbonyl (C=O) groups excluding carboxylic acids is 1. The largest absolute Gasteiger partial charge is 0.508 e. The van der Waals surface area contributed by atoms with Crippen molar-refractivity contribution >= 4 is 23.3 Å². The van der Waals surface area contributed by atoms with Crippen LogP contribution in [0.2, 0.25) is 5.02 Å². The number of imidazole rings is 1. The molecule has 3 aromatic rings. The number of anilines is 1. The molecule has 0 unspecified atom stereocenters. The van der Waals surface area contributed by atoms with E-state index in [-0.39, 0.29) is 29.0 Å². The van der Waals surface area contributed by atoms with Gasteiger partial charge in [-0.25, -0.2) is 9.37 Å². The van der Waals surface area contributed by atoms with Crippen molar-refractivity contribution in [3.63, 3.8) is 0 Å². The Morgan fingerprint density at radius 3 is 2.72 bits per heavy atom. The smallest absolute Gasteiger partial charge is 0.226 e. The minimum Gasteiger partial charge on any atom is -0.508 e. The lowest BCUT2D eigenvalue weighted by atomic mass is 9.90. The Morgan fingerprint density at radius 2 is 2.00 bits per heavy atom. The number of benzene rings is 2. The van der Waals surface area contributed by atoms with Gasteiger partial charge in [-0.2, -0.15) is 0 Å². The van der Waals surface area contributed by atoms with Gasteiger partial charge in [0.15, 0.2) is 0 Å². The highest BCUT2D eigenvalue weighted by Crippen LogP contribution is 2.38. The Balaban J connectivity index is 1.81. The molecule has 0 radical (unpaired) electrons. The first-order chi connectivity index (χ1) is 12.0. The van der Waals surface area contributed by atoms with Gasteiger partial charge in [-0.15, -0.1) is 0 Å². The van der Waals surface area contributed by atoms with Gasteiger partial charge in [0.05, 0.1) is 16.4 Å². The van der Waals surface area contributed by atoms with Crippen molar-refractivity contribution in [1.29, 1.82) is 0 Å². The molecule has 4 rings (SSSR count). The molecule has 0 bridgehead atoms. The Bertz CT molecular complexity index is 969. The van der Waals surface area contributed by atoms with Crippen LogP contribution in [0.3, 0.4) is 0 Å². The first-order valence-corrected chi connectivity index (χ1v) is 8.02. The van der Waals surface area contributed by atoms with Crippen molar-refractivity contribution in [3.8, 4) is 11.4 Å². The second-order valence-electron chi connectivity index (χ2n) is 5.84. The fourth-order valence-electron chi connectivity index (χ4n) is 3.02. The van der Waals surface area contributed by atoms with E-state index < -0.39 is 5.82 Å². The summed E-state index contributed by atoms with van der Waals surface area (Å²) in [4.78, 5) is 16.6. The average Bonchev–Trinajstić information content (AvgIpc) is 3.01. The van der Waals surface area contributed by atoms with Crippen LogP contribution in [0, 0.1) is 5.82 Å². The van der Waals surface area contributed by atoms with Crippen LogP contribution in [0.15, 0.2) is 48.8 Å². The lowest BCUT2D eigenvalue weighted by Gasteiger charge is -2.23. The van der Waals surface area contributed by atoms with Gasteiger partial charge in [-0.05, 0) is 35.9 Å². The van der Waals surface area contributed by atoms with Gasteiger partial charge in [0.2, 0.25) is 5.91 Å². The van der Waals surface area contributed by atoms with E-state index in [1.807, 2.05) is 0 Å². The first-order valence-electron chi connectivity index (χ1n) is 7.64. The Hall–Kier alpha value is -2.86. The molecule has 1 aliphatic heterocycles. The number of rotatable bonds is 2. The number of hydrogen-bond acceptors (Lipinski definition) is 3. The maximum Gasteiger partial charge on any atom is 0.226 e. The average molecular weight is 358 g/mol. The fraction of sp³-hybridized carbons (Fsp3) is 0.111. The Morgan fingerprint density at radius 1 is 1.24 bits per heavy atom. The summed E-state index contributed by atoms with van der Waals surface area (Å²) in [5, 5.41) is 12.3. The normalized spacial score (nSPS) is 16.4. The summed E-state index contributed by atoms with van der Waals surface area (Å²) in [7, 11) is 0. The van der Waals surface area contributed by atoms with Crippen LogP contribution >= 0.6 is 11.6 Å². The molecular formula is C18H13ClFN3O2. The minimum atomic E-state index is -0.509. The van der Waals surface area contributed by atoms with Crippen molar-refractivity contribution in [3.05, 3.63) is 70.9 Å². The summed E-state index contributed by atoms with van der Waals surface area (Å²) in [6.45, 7) is 0. The molecule has 0 spiro atoms. The highest BCUT2D eigenvalue weighted by atomic mass is 35.5. The van der Waals surface area contributed by atoms with Gasteiger partial charge in [0.25, 0.3) is 0 Å². The van der Waals surface area contributed by atoms with E-state index in [1.165, 1.54) is 12.1 Å². The number of hydrogen-bond donors (Lipinski definition) is 2. The zero-order chi connectivity index (χ0) is 17.6. The molecule has 0 fully saturated rings. The number of carbonyl (C=O) groups is 1. The van der Waals surface area contributed by atoms with Gasteiger partial charge in [-0.1, -0.05) is 23.7 Å².